The zero-order valence-corrected chi connectivity index (χ0v) is 33.7. The zero-order chi connectivity index (χ0) is 40.6. The van der Waals surface area contributed by atoms with E-state index in [4.69, 9.17) is 19.3 Å². The second kappa shape index (κ2) is 21.0. The molecule has 0 spiro atoms. The standard InChI is InChI=1S/C18H17NO2.C14H22O.C12H20O6/c1-3-11(2)18(21)19-15-10-6-9-14-16(15)12-7-4-5-8-13(12)17(14)20;1-6-11(2)12-7-9-13(10-8-12)15-14(3,4)5;1-4-12(2,3)11(16)18-8-7-17-10(15)6-5-9(13)14/h4-11H,3H2,1-2H3,(H,19,21);7-11H,6H2,1-5H3;4-8H2,1-3H3,(H,13,14). The Morgan fingerprint density at radius 3 is 1.89 bits per heavy atom. The van der Waals surface area contributed by atoms with E-state index in [1.54, 1.807) is 13.8 Å². The fourth-order valence-corrected chi connectivity index (χ4v) is 4.99. The Bertz CT molecular complexity index is 1720. The molecule has 3 aromatic carbocycles. The number of carboxylic acids is 1. The number of amides is 1. The van der Waals surface area contributed by atoms with Gasteiger partial charge in [-0.15, -0.1) is 0 Å². The van der Waals surface area contributed by atoms with Gasteiger partial charge < -0.3 is 24.6 Å². The fraction of sp³-hybridized carbons (Fsp3) is 0.477. The van der Waals surface area contributed by atoms with Crippen molar-refractivity contribution in [3.8, 4) is 16.9 Å². The van der Waals surface area contributed by atoms with Crippen LogP contribution in [0.25, 0.3) is 11.1 Å². The van der Waals surface area contributed by atoms with Crippen molar-refractivity contribution in [1.82, 2.24) is 0 Å². The summed E-state index contributed by atoms with van der Waals surface area (Å²) in [7, 11) is 0. The molecule has 0 bridgehead atoms. The molecule has 2 unspecified atom stereocenters. The van der Waals surface area contributed by atoms with Crippen LogP contribution in [0.5, 0.6) is 5.75 Å². The number of aliphatic carboxylic acids is 1. The Labute approximate surface area is 321 Å². The van der Waals surface area contributed by atoms with Crippen LogP contribution in [-0.2, 0) is 28.7 Å². The van der Waals surface area contributed by atoms with E-state index >= 15 is 0 Å². The summed E-state index contributed by atoms with van der Waals surface area (Å²) in [5.41, 5.74) is 4.56. The van der Waals surface area contributed by atoms with Crippen LogP contribution in [0.1, 0.15) is 129 Å². The lowest BCUT2D eigenvalue weighted by Gasteiger charge is -2.21. The first-order valence-electron chi connectivity index (χ1n) is 18.8. The molecule has 10 nitrogen and oxygen atoms in total. The molecule has 10 heteroatoms. The Hall–Kier alpha value is -4.99. The van der Waals surface area contributed by atoms with Gasteiger partial charge in [-0.1, -0.05) is 83.1 Å². The topological polar surface area (TPSA) is 145 Å². The van der Waals surface area contributed by atoms with E-state index in [0.29, 0.717) is 23.5 Å². The molecule has 0 radical (unpaired) electrons. The van der Waals surface area contributed by atoms with Crippen LogP contribution in [0.3, 0.4) is 0 Å². The largest absolute Gasteiger partial charge is 0.488 e. The van der Waals surface area contributed by atoms with E-state index in [1.165, 1.54) is 12.0 Å². The van der Waals surface area contributed by atoms with Gasteiger partial charge in [0.2, 0.25) is 5.91 Å². The number of carbonyl (C=O) groups excluding carboxylic acids is 4. The van der Waals surface area contributed by atoms with Crippen molar-refractivity contribution in [3.05, 3.63) is 83.4 Å². The summed E-state index contributed by atoms with van der Waals surface area (Å²) in [6, 6.07) is 21.5. The van der Waals surface area contributed by atoms with Gasteiger partial charge in [-0.2, -0.15) is 0 Å². The lowest BCUT2D eigenvalue weighted by molar-refractivity contribution is -0.159. The monoisotopic (exact) mass is 745 g/mol. The van der Waals surface area contributed by atoms with Crippen molar-refractivity contribution in [2.24, 2.45) is 11.3 Å². The first-order chi connectivity index (χ1) is 25.3. The van der Waals surface area contributed by atoms with Crippen molar-refractivity contribution in [3.63, 3.8) is 0 Å². The summed E-state index contributed by atoms with van der Waals surface area (Å²) >= 11 is 0. The highest BCUT2D eigenvalue weighted by Crippen LogP contribution is 2.41. The maximum atomic E-state index is 12.4. The molecule has 1 aliphatic rings. The van der Waals surface area contributed by atoms with Crippen molar-refractivity contribution in [2.45, 2.75) is 113 Å². The van der Waals surface area contributed by atoms with Crippen LogP contribution in [0, 0.1) is 11.3 Å². The van der Waals surface area contributed by atoms with E-state index in [2.05, 4.69) is 64.2 Å². The van der Waals surface area contributed by atoms with E-state index < -0.39 is 17.4 Å². The van der Waals surface area contributed by atoms with Crippen molar-refractivity contribution in [2.75, 3.05) is 18.5 Å². The van der Waals surface area contributed by atoms with Gasteiger partial charge in [-0.25, -0.2) is 0 Å². The second-order valence-corrected chi connectivity index (χ2v) is 15.0. The number of hydrogen-bond donors (Lipinski definition) is 2. The highest BCUT2D eigenvalue weighted by atomic mass is 16.6. The normalized spacial score (nSPS) is 12.7. The summed E-state index contributed by atoms with van der Waals surface area (Å²) < 4.78 is 15.4. The average molecular weight is 746 g/mol. The third-order valence-corrected chi connectivity index (χ3v) is 9.11. The molecule has 294 valence electrons. The number of benzene rings is 3. The maximum Gasteiger partial charge on any atom is 0.311 e. The van der Waals surface area contributed by atoms with E-state index in [1.807, 2.05) is 63.2 Å². The Morgan fingerprint density at radius 2 is 1.33 bits per heavy atom. The fourth-order valence-electron chi connectivity index (χ4n) is 4.99. The molecule has 0 fully saturated rings. The average Bonchev–Trinajstić information content (AvgIpc) is 3.43. The first kappa shape index (κ1) is 45.2. The van der Waals surface area contributed by atoms with Crippen molar-refractivity contribution in [1.29, 1.82) is 0 Å². The molecular formula is C44H59NO9. The van der Waals surface area contributed by atoms with Crippen LogP contribution >= 0.6 is 0 Å². The van der Waals surface area contributed by atoms with Gasteiger partial charge in [-0.05, 0) is 89.1 Å². The molecule has 2 atom stereocenters. The molecule has 54 heavy (non-hydrogen) atoms. The SMILES string of the molecule is CCC(C)(C)C(=O)OCCOC(=O)CCC(=O)O.CCC(C)C(=O)Nc1cccc2c1-c1ccccc1C2=O.CCC(C)c1ccc(OC(C)(C)C)cc1. The van der Waals surface area contributed by atoms with Crippen LogP contribution in [0.15, 0.2) is 66.7 Å². The minimum Gasteiger partial charge on any atom is -0.488 e. The highest BCUT2D eigenvalue weighted by molar-refractivity contribution is 6.24. The van der Waals surface area contributed by atoms with Gasteiger partial charge in [0.1, 0.15) is 24.6 Å². The Balaban J connectivity index is 0.000000285. The molecular weight excluding hydrogens is 686 g/mol. The molecule has 1 aliphatic carbocycles. The molecule has 3 aromatic rings. The minimum absolute atomic E-state index is 0.0114. The second-order valence-electron chi connectivity index (χ2n) is 15.0. The lowest BCUT2D eigenvalue weighted by atomic mass is 9.91. The summed E-state index contributed by atoms with van der Waals surface area (Å²) in [5.74, 6) is -0.447. The maximum absolute atomic E-state index is 12.4. The number of ketones is 1. The number of hydrogen-bond acceptors (Lipinski definition) is 8. The van der Waals surface area contributed by atoms with Gasteiger partial charge >= 0.3 is 17.9 Å². The van der Waals surface area contributed by atoms with E-state index in [-0.39, 0.29) is 55.2 Å². The Morgan fingerprint density at radius 1 is 0.741 bits per heavy atom. The van der Waals surface area contributed by atoms with Gasteiger partial charge in [0, 0.05) is 28.3 Å². The smallest absolute Gasteiger partial charge is 0.311 e. The van der Waals surface area contributed by atoms with Gasteiger partial charge in [0.25, 0.3) is 0 Å². The van der Waals surface area contributed by atoms with Gasteiger partial charge in [0.15, 0.2) is 5.78 Å². The minimum atomic E-state index is -1.05. The summed E-state index contributed by atoms with van der Waals surface area (Å²) in [6.45, 7) is 19.9. The molecule has 0 heterocycles. The third-order valence-electron chi connectivity index (χ3n) is 9.11. The number of ether oxygens (including phenoxy) is 3. The first-order valence-corrected chi connectivity index (χ1v) is 18.8. The quantitative estimate of drug-likeness (QED) is 0.0952. The molecule has 0 saturated carbocycles. The van der Waals surface area contributed by atoms with Crippen LogP contribution in [0.4, 0.5) is 5.69 Å². The molecule has 4 rings (SSSR count). The van der Waals surface area contributed by atoms with Gasteiger partial charge in [-0.3, -0.25) is 24.0 Å². The van der Waals surface area contributed by atoms with Crippen molar-refractivity contribution >= 4 is 35.3 Å². The predicted octanol–water partition coefficient (Wildman–Crippen LogP) is 9.63. The van der Waals surface area contributed by atoms with Crippen molar-refractivity contribution < 1.29 is 43.3 Å². The number of carbonyl (C=O) groups is 5. The molecule has 0 saturated heterocycles. The molecule has 1 amide bonds. The number of fused-ring (bicyclic) bond motifs is 3. The molecule has 2 N–H and O–H groups in total. The van der Waals surface area contributed by atoms with Crippen LogP contribution in [0.2, 0.25) is 0 Å². The van der Waals surface area contributed by atoms with E-state index in [9.17, 15) is 24.0 Å². The number of anilines is 1. The van der Waals surface area contributed by atoms with E-state index in [0.717, 1.165) is 29.0 Å². The molecule has 0 aliphatic heterocycles. The third kappa shape index (κ3) is 14.1. The summed E-state index contributed by atoms with van der Waals surface area (Å²) in [6.07, 6.45) is 2.19. The van der Waals surface area contributed by atoms with Crippen LogP contribution < -0.4 is 10.1 Å². The van der Waals surface area contributed by atoms with Crippen LogP contribution in [-0.4, -0.2) is 53.5 Å². The Kier molecular flexibility index (Phi) is 17.6. The summed E-state index contributed by atoms with van der Waals surface area (Å²) in [5, 5.41) is 11.3. The lowest BCUT2D eigenvalue weighted by Crippen LogP contribution is -2.27. The number of nitrogens with one attached hydrogen (secondary N) is 1. The zero-order valence-electron chi connectivity index (χ0n) is 33.7. The summed E-state index contributed by atoms with van der Waals surface area (Å²) in [4.78, 5) is 57.3. The van der Waals surface area contributed by atoms with Gasteiger partial charge in [0.05, 0.1) is 18.3 Å². The number of rotatable bonds is 14. The molecule has 0 aromatic heterocycles. The number of esters is 2. The predicted molar refractivity (Wildman–Crippen MR) is 212 cm³/mol. The number of carboxylic acid groups (broad SMARTS) is 1. The highest BCUT2D eigenvalue weighted by Gasteiger charge is 2.29.